The van der Waals surface area contributed by atoms with Gasteiger partial charge in [0.05, 0.1) is 76.1 Å². The topological polar surface area (TPSA) is 365 Å². The summed E-state index contributed by atoms with van der Waals surface area (Å²) in [6.07, 6.45) is -5.25. The smallest absolute Gasteiger partial charge is 0.406 e. The maximum absolute atomic E-state index is 15.6. The molecule has 4 aromatic heterocycles. The predicted molar refractivity (Wildman–Crippen MR) is 289 cm³/mol. The lowest BCUT2D eigenvalue weighted by Crippen LogP contribution is -2.54. The highest BCUT2D eigenvalue weighted by atomic mass is 31.2. The minimum Gasteiger partial charge on any atom is -0.408 e. The van der Waals surface area contributed by atoms with Crippen molar-refractivity contribution in [3.63, 3.8) is 0 Å². The van der Waals surface area contributed by atoms with Gasteiger partial charge in [-0.05, 0) is 36.3 Å². The van der Waals surface area contributed by atoms with Crippen molar-refractivity contribution < 1.29 is 55.1 Å². The third-order valence-corrected chi connectivity index (χ3v) is 26.7. The Kier molecular flexibility index (Phi) is 18.1. The molecule has 428 valence electrons. The molecule has 2 amide bonds. The zero-order chi connectivity index (χ0) is 57.5. The molecule has 3 aliphatic heterocycles. The molecule has 3 saturated heterocycles. The molecule has 2 unspecified atom stereocenters. The van der Waals surface area contributed by atoms with E-state index in [1.165, 1.54) is 21.8 Å². The number of H-pyrrole nitrogens is 2. The molecule has 32 heteroatoms. The molecule has 3 aliphatic rings. The molecule has 10 atom stereocenters. The first kappa shape index (κ1) is 60.7. The molecule has 0 saturated carbocycles. The van der Waals surface area contributed by atoms with Crippen molar-refractivity contribution >= 4 is 78.2 Å². The van der Waals surface area contributed by atoms with E-state index in [2.05, 4.69) is 50.7 Å². The van der Waals surface area contributed by atoms with Gasteiger partial charge in [-0.2, -0.15) is 20.5 Å². The average molecular weight is 1160 g/mol. The molecule has 0 aliphatic carbocycles. The fourth-order valence-corrected chi connectivity index (χ4v) is 13.8. The van der Waals surface area contributed by atoms with Crippen LogP contribution in [0.2, 0.25) is 36.3 Å². The Labute approximate surface area is 453 Å². The van der Waals surface area contributed by atoms with Crippen molar-refractivity contribution in [1.82, 2.24) is 49.2 Å². The van der Waals surface area contributed by atoms with Crippen LogP contribution in [-0.2, 0) is 55.1 Å². The maximum Gasteiger partial charge on any atom is 0.406 e. The van der Waals surface area contributed by atoms with Crippen molar-refractivity contribution in [3.8, 4) is 12.1 Å². The van der Waals surface area contributed by atoms with Gasteiger partial charge in [-0.3, -0.25) is 67.0 Å². The molecular weight excluding hydrogens is 1090 g/mol. The van der Waals surface area contributed by atoms with E-state index in [1.54, 1.807) is 27.7 Å². The van der Waals surface area contributed by atoms with E-state index < -0.39 is 139 Å². The lowest BCUT2D eigenvalue weighted by molar-refractivity contribution is -0.119. The molecule has 0 spiro atoms. The highest BCUT2D eigenvalue weighted by Gasteiger charge is 2.57. The molecule has 4 aromatic rings. The summed E-state index contributed by atoms with van der Waals surface area (Å²) < 4.78 is 87.0. The molecule has 6 N–H and O–H groups in total. The Morgan fingerprint density at radius 2 is 1.06 bits per heavy atom. The fourth-order valence-electron chi connectivity index (χ4n) is 8.02. The van der Waals surface area contributed by atoms with E-state index in [1.807, 2.05) is 79.9 Å². The second kappa shape index (κ2) is 23.3. The number of rotatable bonds is 16. The Hall–Kier alpha value is -4.89. The Balaban J connectivity index is 1.39. The summed E-state index contributed by atoms with van der Waals surface area (Å²) in [6.45, 7) is 24.7. The average Bonchev–Trinajstić information content (AvgIpc) is 4.19. The van der Waals surface area contributed by atoms with Gasteiger partial charge in [0.2, 0.25) is 23.7 Å². The Bertz CT molecular complexity index is 2970. The summed E-state index contributed by atoms with van der Waals surface area (Å²) in [5, 5.41) is 29.8. The number of ether oxygens (including phenoxy) is 2. The molecule has 7 heterocycles. The molecule has 0 bridgehead atoms. The first-order valence-corrected chi connectivity index (χ1v) is 34.5. The summed E-state index contributed by atoms with van der Waals surface area (Å²) in [5.74, 6) is -2.10. The normalized spacial score (nSPS) is 27.5. The van der Waals surface area contributed by atoms with Crippen molar-refractivity contribution in [1.29, 1.82) is 10.5 Å². The highest BCUT2D eigenvalue weighted by molar-refractivity contribution is 7.52. The SMILES string of the molecule is CC(C)C(=O)Nc1nc2c(ncn2[C@@H]2O[C@@H]3COP(=O)(OCCC#N)N[C@H]4[C@@H](O[Si](C)(C)C(C)(C)C)[C@H](n5cnc6c(=O)[nH]c(NC(=O)C(C)C)nc65)O[C@@H]4COP(=O)(OCCC#N)N[C@H]3[C@H]2O[Si](C)(C)C(C)(C)C)c(=O)[nH]1. The van der Waals surface area contributed by atoms with Gasteiger partial charge >= 0.3 is 15.5 Å². The molecule has 78 heavy (non-hydrogen) atoms. The summed E-state index contributed by atoms with van der Waals surface area (Å²) in [5.41, 5.74) is -1.60. The standard InChI is InChI=1S/C46H72N14O14P2Si2/c1-25(2)37(61)53-43-51-35-31(39(63)55-43)49-23-59(35)41-33(73-77(11,12)45(5,6)7)29-27(71-41)21-69-76(66,68-20-16-18-48)58-30-28(22-70-75(65,57-29)67-19-15-17-47)72-42(34(30)74-78(13,14)46(8,9)10)60-24-50-32-36(60)52-44(56-40(32)64)54-38(62)26(3)4/h23-30,33-34,41-42H,15-16,19-22H2,1-14H3,(H,57,65)(H,58,66)(H2,51,53,55,61,63)(H2,52,54,56,62,64)/t27-,28-,29-,30-,33-,34-,41-,42-,75?,76?/m1/s1. The van der Waals surface area contributed by atoms with Crippen LogP contribution in [0.1, 0.15) is 94.5 Å². The van der Waals surface area contributed by atoms with Crippen LogP contribution in [0.15, 0.2) is 22.2 Å². The van der Waals surface area contributed by atoms with E-state index in [0.29, 0.717) is 0 Å². The maximum atomic E-state index is 15.6. The van der Waals surface area contributed by atoms with Gasteiger partial charge in [-0.15, -0.1) is 0 Å². The van der Waals surface area contributed by atoms with Gasteiger partial charge in [-0.1, -0.05) is 69.2 Å². The lowest BCUT2D eigenvalue weighted by Gasteiger charge is -2.41. The van der Waals surface area contributed by atoms with Crippen molar-refractivity contribution in [2.45, 2.75) is 167 Å². The number of hydrogen-bond acceptors (Lipinski definition) is 20. The quantitative estimate of drug-likeness (QED) is 0.0422. The first-order chi connectivity index (χ1) is 36.3. The van der Waals surface area contributed by atoms with Crippen molar-refractivity contribution in [2.24, 2.45) is 11.8 Å². The summed E-state index contributed by atoms with van der Waals surface area (Å²) in [6, 6.07) is 1.48. The molecule has 28 nitrogen and oxygen atoms in total. The summed E-state index contributed by atoms with van der Waals surface area (Å²) in [7, 11) is -15.2. The highest BCUT2D eigenvalue weighted by Crippen LogP contribution is 2.54. The molecular formula is C46H72N14O14P2Si2. The van der Waals surface area contributed by atoms with Gasteiger partial charge in [0.25, 0.3) is 11.1 Å². The van der Waals surface area contributed by atoms with E-state index >= 15 is 9.13 Å². The number of nitriles is 2. The fraction of sp³-hybridized carbons (Fsp3) is 0.696. The van der Waals surface area contributed by atoms with Gasteiger partial charge in [0.15, 0.2) is 51.4 Å². The van der Waals surface area contributed by atoms with Gasteiger partial charge in [0.1, 0.15) is 24.4 Å². The molecule has 0 aromatic carbocycles. The minimum atomic E-state index is -4.68. The molecule has 7 rings (SSSR count). The number of amides is 2. The van der Waals surface area contributed by atoms with Crippen LogP contribution < -0.4 is 31.9 Å². The van der Waals surface area contributed by atoms with Crippen LogP contribution in [0.25, 0.3) is 22.3 Å². The monoisotopic (exact) mass is 1160 g/mol. The summed E-state index contributed by atoms with van der Waals surface area (Å²) in [4.78, 5) is 75.6. The van der Waals surface area contributed by atoms with Crippen LogP contribution >= 0.6 is 15.5 Å². The number of hydrogen-bond donors (Lipinski definition) is 6. The zero-order valence-electron chi connectivity index (χ0n) is 46.4. The van der Waals surface area contributed by atoms with Gasteiger partial charge in [0, 0.05) is 11.8 Å². The largest absolute Gasteiger partial charge is 0.408 e. The van der Waals surface area contributed by atoms with E-state index in [-0.39, 0.29) is 60.3 Å². The van der Waals surface area contributed by atoms with E-state index in [9.17, 15) is 29.7 Å². The number of nitrogens with one attached hydrogen (secondary N) is 6. The zero-order valence-corrected chi connectivity index (χ0v) is 50.1. The van der Waals surface area contributed by atoms with E-state index in [0.717, 1.165) is 0 Å². The van der Waals surface area contributed by atoms with Crippen LogP contribution in [0, 0.1) is 34.5 Å². The summed E-state index contributed by atoms with van der Waals surface area (Å²) >= 11 is 0. The van der Waals surface area contributed by atoms with Crippen LogP contribution in [0.4, 0.5) is 11.9 Å². The number of aromatic amines is 2. The number of fused-ring (bicyclic) bond motifs is 4. The molecule has 3 fully saturated rings. The molecule has 0 radical (unpaired) electrons. The number of aromatic nitrogens is 8. The lowest BCUT2D eigenvalue weighted by atomic mass is 10.1. The second-order valence-electron chi connectivity index (χ2n) is 23.0. The number of imidazole rings is 2. The second-order valence-corrected chi connectivity index (χ2v) is 36.0. The van der Waals surface area contributed by atoms with Crippen LogP contribution in [-0.4, -0.2) is 130 Å². The number of nitrogens with zero attached hydrogens (tertiary/aromatic N) is 8. The Morgan fingerprint density at radius 1 is 0.705 bits per heavy atom. The number of anilines is 2. The van der Waals surface area contributed by atoms with E-state index in [4.69, 9.17) is 36.4 Å². The van der Waals surface area contributed by atoms with Crippen LogP contribution in [0.3, 0.4) is 0 Å². The van der Waals surface area contributed by atoms with Crippen molar-refractivity contribution in [3.05, 3.63) is 33.4 Å². The van der Waals surface area contributed by atoms with Crippen molar-refractivity contribution in [2.75, 3.05) is 37.1 Å². The minimum absolute atomic E-state index is 0.0175. The third-order valence-electron chi connectivity index (χ3n) is 14.5. The number of carbonyl (C=O) groups is 2. The Morgan fingerprint density at radius 3 is 1.38 bits per heavy atom. The third kappa shape index (κ3) is 13.1. The first-order valence-electron chi connectivity index (χ1n) is 25.6. The van der Waals surface area contributed by atoms with Crippen LogP contribution in [0.5, 0.6) is 0 Å². The predicted octanol–water partition coefficient (Wildman–Crippen LogP) is 6.06. The van der Waals surface area contributed by atoms with Gasteiger partial charge in [-0.25, -0.2) is 29.3 Å². The van der Waals surface area contributed by atoms with Gasteiger partial charge < -0.3 is 18.3 Å². The number of carbonyl (C=O) groups excluding carboxylic acids is 2.